The number of sulfonamides is 1. The number of nitrogens with one attached hydrogen (secondary N) is 1. The average Bonchev–Trinajstić information content (AvgIpc) is 3.58. The van der Waals surface area contributed by atoms with E-state index >= 15 is 4.39 Å². The number of piperidine rings is 1. The number of benzene rings is 2. The molecule has 1 aliphatic heterocycles. The lowest BCUT2D eigenvalue weighted by Crippen LogP contribution is -2.60. The molecular formula is C25H22FN3O6S3. The molecule has 0 spiro atoms. The van der Waals surface area contributed by atoms with Crippen molar-refractivity contribution < 1.29 is 30.5 Å². The van der Waals surface area contributed by atoms with Gasteiger partial charge in [0.05, 0.1) is 9.77 Å². The van der Waals surface area contributed by atoms with Gasteiger partial charge in [0.25, 0.3) is 21.7 Å². The normalized spacial score (nSPS) is 18.6. The standard InChI is InChI=1S/C25H22FN3O6S3/c1-37(31,32)22-6-3-2-5-19(22)17-7-9-18(10-8-17)29-15-4-14-25(26,24(29)30)28-38(33,34)23-12-11-21(36-23)20-13-16-35-27-20/h2-3,5-13,16,28H,4,14-15H2,1H3. The minimum Gasteiger partial charge on any atom is -0.364 e. The number of anilines is 1. The van der Waals surface area contributed by atoms with Crippen molar-refractivity contribution in [1.29, 1.82) is 0 Å². The summed E-state index contributed by atoms with van der Waals surface area (Å²) in [7, 11) is -7.83. The molecule has 0 saturated carbocycles. The Balaban J connectivity index is 1.38. The summed E-state index contributed by atoms with van der Waals surface area (Å²) in [5.74, 6) is -3.86. The number of alkyl halides is 1. The average molecular weight is 576 g/mol. The van der Waals surface area contributed by atoms with E-state index in [1.165, 1.54) is 29.4 Å². The molecule has 38 heavy (non-hydrogen) atoms. The third-order valence-electron chi connectivity index (χ3n) is 6.10. The first-order valence-corrected chi connectivity index (χ1v) is 15.6. The highest BCUT2D eigenvalue weighted by Gasteiger charge is 2.48. The van der Waals surface area contributed by atoms with Crippen LogP contribution in [0.25, 0.3) is 21.7 Å². The zero-order valence-electron chi connectivity index (χ0n) is 20.0. The Morgan fingerprint density at radius 1 is 1.03 bits per heavy atom. The highest BCUT2D eigenvalue weighted by molar-refractivity contribution is 7.91. The molecule has 0 aliphatic carbocycles. The number of hydrogen-bond acceptors (Lipinski definition) is 8. The van der Waals surface area contributed by atoms with Crippen LogP contribution in [0.5, 0.6) is 0 Å². The predicted molar refractivity (Wildman–Crippen MR) is 141 cm³/mol. The Kier molecular flexibility index (Phi) is 6.71. The molecule has 0 bridgehead atoms. The van der Waals surface area contributed by atoms with Crippen LogP contribution < -0.4 is 9.62 Å². The minimum absolute atomic E-state index is 0.161. The van der Waals surface area contributed by atoms with Crippen LogP contribution in [0.15, 0.2) is 86.6 Å². The Morgan fingerprint density at radius 3 is 2.45 bits per heavy atom. The Morgan fingerprint density at radius 2 is 1.76 bits per heavy atom. The van der Waals surface area contributed by atoms with E-state index in [1.54, 1.807) is 48.5 Å². The Bertz CT molecular complexity index is 1700. The van der Waals surface area contributed by atoms with Gasteiger partial charge in [-0.05, 0) is 42.3 Å². The van der Waals surface area contributed by atoms with Crippen molar-refractivity contribution in [2.75, 3.05) is 17.7 Å². The second kappa shape index (κ2) is 9.73. The first kappa shape index (κ1) is 26.2. The van der Waals surface area contributed by atoms with E-state index in [9.17, 15) is 21.6 Å². The van der Waals surface area contributed by atoms with Crippen molar-refractivity contribution in [2.24, 2.45) is 0 Å². The molecule has 2 aromatic heterocycles. The molecule has 0 radical (unpaired) electrons. The number of nitrogens with zero attached hydrogens (tertiary/aromatic N) is 2. The quantitative estimate of drug-likeness (QED) is 0.327. The second-order valence-corrected chi connectivity index (χ2v) is 13.8. The lowest BCUT2D eigenvalue weighted by Gasteiger charge is -2.36. The van der Waals surface area contributed by atoms with Gasteiger partial charge in [0.2, 0.25) is 0 Å². The SMILES string of the molecule is CS(=O)(=O)c1ccccc1-c1ccc(N2CCCC(F)(NS(=O)(=O)c3ccc(-c4ccon4)s3)C2=O)cc1. The highest BCUT2D eigenvalue weighted by Crippen LogP contribution is 2.35. The van der Waals surface area contributed by atoms with Gasteiger partial charge in [0.1, 0.15) is 16.2 Å². The summed E-state index contributed by atoms with van der Waals surface area (Å²) >= 11 is 0.878. The van der Waals surface area contributed by atoms with Crippen LogP contribution in [0.2, 0.25) is 0 Å². The van der Waals surface area contributed by atoms with Gasteiger partial charge in [-0.15, -0.1) is 11.3 Å². The molecule has 9 nitrogen and oxygen atoms in total. The van der Waals surface area contributed by atoms with Gasteiger partial charge in [0.15, 0.2) is 9.84 Å². The van der Waals surface area contributed by atoms with Crippen LogP contribution in [0.3, 0.4) is 0 Å². The maximum Gasteiger partial charge on any atom is 0.280 e. The van der Waals surface area contributed by atoms with Gasteiger partial charge in [-0.1, -0.05) is 35.5 Å². The van der Waals surface area contributed by atoms with Crippen molar-refractivity contribution in [3.63, 3.8) is 0 Å². The summed E-state index contributed by atoms with van der Waals surface area (Å²) in [6.07, 6.45) is 2.38. The summed E-state index contributed by atoms with van der Waals surface area (Å²) in [6.45, 7) is 0.195. The smallest absolute Gasteiger partial charge is 0.280 e. The van der Waals surface area contributed by atoms with E-state index < -0.39 is 31.6 Å². The fraction of sp³-hybridized carbons (Fsp3) is 0.200. The first-order chi connectivity index (χ1) is 18.0. The van der Waals surface area contributed by atoms with Crippen molar-refractivity contribution in [2.45, 2.75) is 27.7 Å². The molecule has 13 heteroatoms. The fourth-order valence-electron chi connectivity index (χ4n) is 4.30. The Hall–Kier alpha value is -3.39. The van der Waals surface area contributed by atoms with E-state index in [1.807, 2.05) is 4.72 Å². The van der Waals surface area contributed by atoms with Crippen molar-refractivity contribution in [3.05, 3.63) is 73.0 Å². The van der Waals surface area contributed by atoms with Gasteiger partial charge >= 0.3 is 0 Å². The van der Waals surface area contributed by atoms with Crippen LogP contribution in [0, 0.1) is 0 Å². The van der Waals surface area contributed by atoms with Crippen molar-refractivity contribution >= 4 is 42.8 Å². The van der Waals surface area contributed by atoms with Crippen LogP contribution in [-0.2, 0) is 24.7 Å². The number of sulfone groups is 1. The Labute approximate surface area is 222 Å². The largest absolute Gasteiger partial charge is 0.364 e. The molecule has 2 aromatic carbocycles. The van der Waals surface area contributed by atoms with E-state index in [-0.39, 0.29) is 28.5 Å². The maximum absolute atomic E-state index is 15.9. The molecule has 1 aliphatic rings. The monoisotopic (exact) mass is 575 g/mol. The topological polar surface area (TPSA) is 127 Å². The molecule has 1 atom stereocenters. The third kappa shape index (κ3) is 5.01. The number of thiophene rings is 1. The lowest BCUT2D eigenvalue weighted by molar-refractivity contribution is -0.133. The van der Waals surface area contributed by atoms with Gasteiger partial charge in [-0.2, -0.15) is 4.72 Å². The molecule has 198 valence electrons. The van der Waals surface area contributed by atoms with E-state index in [4.69, 9.17) is 4.52 Å². The number of aromatic nitrogens is 1. The minimum atomic E-state index is -4.36. The van der Waals surface area contributed by atoms with Crippen LogP contribution >= 0.6 is 11.3 Å². The zero-order chi connectivity index (χ0) is 27.1. The molecule has 3 heterocycles. The number of hydrogen-bond donors (Lipinski definition) is 1. The van der Waals surface area contributed by atoms with Gasteiger partial charge < -0.3 is 9.42 Å². The van der Waals surface area contributed by atoms with Crippen molar-refractivity contribution in [1.82, 2.24) is 9.88 Å². The lowest BCUT2D eigenvalue weighted by atomic mass is 10.0. The molecule has 1 N–H and O–H groups in total. The maximum atomic E-state index is 15.9. The first-order valence-electron chi connectivity index (χ1n) is 11.4. The number of rotatable bonds is 7. The molecule has 1 fully saturated rings. The van der Waals surface area contributed by atoms with Crippen molar-refractivity contribution in [3.8, 4) is 21.7 Å². The summed E-state index contributed by atoms with van der Waals surface area (Å²) in [4.78, 5) is 15.1. The highest BCUT2D eigenvalue weighted by atomic mass is 32.2. The van der Waals surface area contributed by atoms with Gasteiger partial charge in [-0.25, -0.2) is 21.2 Å². The molecule has 1 saturated heterocycles. The van der Waals surface area contributed by atoms with Gasteiger partial charge in [-0.3, -0.25) is 4.79 Å². The third-order valence-corrected chi connectivity index (χ3v) is 10.3. The van der Waals surface area contributed by atoms with Crippen LogP contribution in [0.1, 0.15) is 12.8 Å². The number of carbonyl (C=O) groups is 1. The summed E-state index contributed by atoms with van der Waals surface area (Å²) < 4.78 is 72.8. The summed E-state index contributed by atoms with van der Waals surface area (Å²) in [5.41, 5.74) is 1.90. The second-order valence-electron chi connectivity index (χ2n) is 8.79. The van der Waals surface area contributed by atoms with E-state index in [0.717, 1.165) is 17.6 Å². The number of carbonyl (C=O) groups excluding carboxylic acids is 1. The summed E-state index contributed by atoms with van der Waals surface area (Å²) in [6, 6.07) is 17.4. The van der Waals surface area contributed by atoms with E-state index in [2.05, 4.69) is 5.16 Å². The van der Waals surface area contributed by atoms with E-state index in [0.29, 0.717) is 27.4 Å². The van der Waals surface area contributed by atoms with Gasteiger partial charge in [0, 0.05) is 36.5 Å². The molecule has 5 rings (SSSR count). The number of halogens is 1. The predicted octanol–water partition coefficient (Wildman–Crippen LogP) is 4.24. The molecule has 1 unspecified atom stereocenters. The molecular weight excluding hydrogens is 553 g/mol. The molecule has 4 aromatic rings. The summed E-state index contributed by atoms with van der Waals surface area (Å²) in [5, 5.41) is 3.76. The van der Waals surface area contributed by atoms with Crippen LogP contribution in [0.4, 0.5) is 10.1 Å². The van der Waals surface area contributed by atoms with Crippen LogP contribution in [-0.4, -0.2) is 46.5 Å². The fourth-order valence-corrected chi connectivity index (χ4v) is 7.70. The molecule has 1 amide bonds. The zero-order valence-corrected chi connectivity index (χ0v) is 22.4. The number of amides is 1.